The number of benzene rings is 1. The van der Waals surface area contributed by atoms with E-state index in [1.54, 1.807) is 25.2 Å². The third-order valence-corrected chi connectivity index (χ3v) is 5.90. The molecular formula is C18H19Cl2N5O2. The Morgan fingerprint density at radius 1 is 1.11 bits per heavy atom. The Labute approximate surface area is 166 Å². The van der Waals surface area contributed by atoms with E-state index in [1.807, 2.05) is 4.57 Å². The molecule has 0 N–H and O–H groups in total. The molecule has 1 unspecified atom stereocenters. The fraction of sp³-hybridized carbons (Fsp3) is 0.444. The number of nitrogens with zero attached hydrogens (tertiary/aromatic N) is 5. The Morgan fingerprint density at radius 3 is 2.70 bits per heavy atom. The first kappa shape index (κ1) is 18.3. The molecule has 2 aliphatic heterocycles. The van der Waals surface area contributed by atoms with Crippen molar-refractivity contribution in [2.75, 3.05) is 7.05 Å². The van der Waals surface area contributed by atoms with Gasteiger partial charge in [-0.1, -0.05) is 35.7 Å². The van der Waals surface area contributed by atoms with Crippen LogP contribution >= 0.6 is 23.2 Å². The highest BCUT2D eigenvalue weighted by molar-refractivity contribution is 6.42. The fourth-order valence-corrected chi connectivity index (χ4v) is 4.01. The van der Waals surface area contributed by atoms with Gasteiger partial charge < -0.3 is 9.47 Å². The maximum absolute atomic E-state index is 13.0. The number of hydrogen-bond donors (Lipinski definition) is 0. The first-order valence-electron chi connectivity index (χ1n) is 8.91. The van der Waals surface area contributed by atoms with Gasteiger partial charge in [0.1, 0.15) is 11.9 Å². The van der Waals surface area contributed by atoms with Crippen LogP contribution < -0.4 is 0 Å². The normalized spacial score (nSPS) is 20.2. The summed E-state index contributed by atoms with van der Waals surface area (Å²) in [6.07, 6.45) is 4.15. The van der Waals surface area contributed by atoms with E-state index in [0.717, 1.165) is 38.1 Å². The van der Waals surface area contributed by atoms with Gasteiger partial charge in [0.2, 0.25) is 0 Å². The summed E-state index contributed by atoms with van der Waals surface area (Å²) in [5.74, 6) is 1.28. The minimum atomic E-state index is -0.723. The van der Waals surface area contributed by atoms with E-state index in [-0.39, 0.29) is 18.5 Å². The number of aromatic nitrogens is 3. The molecule has 0 spiro atoms. The van der Waals surface area contributed by atoms with Gasteiger partial charge in [0.25, 0.3) is 5.91 Å². The highest BCUT2D eigenvalue weighted by atomic mass is 35.5. The molecule has 1 aromatic heterocycles. The molecule has 1 saturated heterocycles. The van der Waals surface area contributed by atoms with Crippen molar-refractivity contribution in [3.63, 3.8) is 0 Å². The Kier molecular flexibility index (Phi) is 4.82. The number of urea groups is 1. The van der Waals surface area contributed by atoms with Crippen LogP contribution in [0.4, 0.5) is 4.79 Å². The highest BCUT2D eigenvalue weighted by Gasteiger charge is 2.44. The Balaban J connectivity index is 1.61. The molecule has 142 valence electrons. The zero-order valence-corrected chi connectivity index (χ0v) is 16.4. The molecule has 9 heteroatoms. The second-order valence-corrected chi connectivity index (χ2v) is 7.70. The average molecular weight is 408 g/mol. The molecule has 0 bridgehead atoms. The third-order valence-electron chi connectivity index (χ3n) is 5.16. The number of halogens is 2. The van der Waals surface area contributed by atoms with Crippen molar-refractivity contribution in [3.8, 4) is 0 Å². The summed E-state index contributed by atoms with van der Waals surface area (Å²) in [7, 11) is 1.61. The van der Waals surface area contributed by atoms with Crippen LogP contribution in [0.5, 0.6) is 0 Å². The quantitative estimate of drug-likeness (QED) is 0.730. The van der Waals surface area contributed by atoms with Crippen molar-refractivity contribution in [1.82, 2.24) is 24.6 Å². The third kappa shape index (κ3) is 3.19. The molecule has 0 aliphatic carbocycles. The summed E-state index contributed by atoms with van der Waals surface area (Å²) in [4.78, 5) is 28.4. The minimum Gasteiger partial charge on any atom is -0.313 e. The van der Waals surface area contributed by atoms with Crippen LogP contribution in [0, 0.1) is 0 Å². The highest BCUT2D eigenvalue weighted by Crippen LogP contribution is 2.34. The lowest BCUT2D eigenvalue weighted by Crippen LogP contribution is -2.32. The Morgan fingerprint density at radius 2 is 1.93 bits per heavy atom. The van der Waals surface area contributed by atoms with Crippen LogP contribution in [0.3, 0.4) is 0 Å². The standard InChI is InChI=1S/C18H19Cl2N5O2/c1-23-16(11-6-7-12(19)13(20)9-11)17(26)25(18(23)27)10-15-22-21-14-5-3-2-4-8-24(14)15/h6-7,9,16H,2-5,8,10H2,1H3. The molecule has 4 rings (SSSR count). The van der Waals surface area contributed by atoms with Crippen molar-refractivity contribution < 1.29 is 9.59 Å². The monoisotopic (exact) mass is 407 g/mol. The van der Waals surface area contributed by atoms with Gasteiger partial charge in [-0.3, -0.25) is 9.69 Å². The number of aryl methyl sites for hydroxylation is 1. The van der Waals surface area contributed by atoms with Gasteiger partial charge in [-0.15, -0.1) is 10.2 Å². The molecule has 1 fully saturated rings. The van der Waals surface area contributed by atoms with Crippen LogP contribution in [0.25, 0.3) is 0 Å². The van der Waals surface area contributed by atoms with Crippen LogP contribution in [0.1, 0.15) is 42.5 Å². The van der Waals surface area contributed by atoms with E-state index in [1.165, 1.54) is 9.80 Å². The minimum absolute atomic E-state index is 0.118. The van der Waals surface area contributed by atoms with E-state index < -0.39 is 6.04 Å². The SMILES string of the molecule is CN1C(=O)N(Cc2nnc3n2CCCCC3)C(=O)C1c1ccc(Cl)c(Cl)c1. The number of carbonyl (C=O) groups is 2. The molecule has 1 atom stereocenters. The van der Waals surface area contributed by atoms with E-state index in [0.29, 0.717) is 21.4 Å². The van der Waals surface area contributed by atoms with Gasteiger partial charge in [0, 0.05) is 20.0 Å². The molecule has 27 heavy (non-hydrogen) atoms. The van der Waals surface area contributed by atoms with Gasteiger partial charge in [0.15, 0.2) is 5.82 Å². The number of fused-ring (bicyclic) bond motifs is 1. The molecular weight excluding hydrogens is 389 g/mol. The first-order chi connectivity index (χ1) is 13.0. The summed E-state index contributed by atoms with van der Waals surface area (Å²) in [6, 6.07) is 3.89. The van der Waals surface area contributed by atoms with E-state index in [2.05, 4.69) is 10.2 Å². The molecule has 3 amide bonds. The van der Waals surface area contributed by atoms with E-state index in [4.69, 9.17) is 23.2 Å². The summed E-state index contributed by atoms with van der Waals surface area (Å²) in [6.45, 7) is 0.937. The molecule has 3 heterocycles. The average Bonchev–Trinajstić information content (AvgIpc) is 2.99. The van der Waals surface area contributed by atoms with E-state index >= 15 is 0 Å². The Hall–Kier alpha value is -2.12. The van der Waals surface area contributed by atoms with Crippen LogP contribution in [0.15, 0.2) is 18.2 Å². The molecule has 2 aromatic rings. The maximum atomic E-state index is 13.0. The zero-order chi connectivity index (χ0) is 19.1. The Bertz CT molecular complexity index is 913. The lowest BCUT2D eigenvalue weighted by atomic mass is 10.1. The largest absolute Gasteiger partial charge is 0.327 e. The van der Waals surface area contributed by atoms with Gasteiger partial charge in [-0.05, 0) is 30.5 Å². The van der Waals surface area contributed by atoms with Gasteiger partial charge in [-0.25, -0.2) is 4.79 Å². The summed E-state index contributed by atoms with van der Waals surface area (Å²) in [5.41, 5.74) is 0.632. The van der Waals surface area contributed by atoms with Crippen molar-refractivity contribution in [1.29, 1.82) is 0 Å². The maximum Gasteiger partial charge on any atom is 0.327 e. The van der Waals surface area contributed by atoms with Crippen LogP contribution in [-0.2, 0) is 24.3 Å². The van der Waals surface area contributed by atoms with Crippen molar-refractivity contribution >= 4 is 35.1 Å². The summed E-state index contributed by atoms with van der Waals surface area (Å²) < 4.78 is 2.04. The lowest BCUT2D eigenvalue weighted by Gasteiger charge is -2.16. The molecule has 7 nitrogen and oxygen atoms in total. The topological polar surface area (TPSA) is 71.3 Å². The number of hydrogen-bond acceptors (Lipinski definition) is 4. The number of rotatable bonds is 3. The fourth-order valence-electron chi connectivity index (χ4n) is 3.71. The summed E-state index contributed by atoms with van der Waals surface area (Å²) in [5, 5.41) is 9.23. The van der Waals surface area contributed by atoms with Crippen molar-refractivity contribution in [3.05, 3.63) is 45.5 Å². The van der Waals surface area contributed by atoms with Gasteiger partial charge in [0.05, 0.1) is 16.6 Å². The predicted octanol–water partition coefficient (Wildman–Crippen LogP) is 3.45. The zero-order valence-electron chi connectivity index (χ0n) is 14.9. The molecule has 2 aliphatic rings. The van der Waals surface area contributed by atoms with Crippen LogP contribution in [0.2, 0.25) is 10.0 Å². The van der Waals surface area contributed by atoms with E-state index in [9.17, 15) is 9.59 Å². The number of carbonyl (C=O) groups excluding carboxylic acids is 2. The molecule has 1 aromatic carbocycles. The first-order valence-corrected chi connectivity index (χ1v) is 9.67. The molecule has 0 saturated carbocycles. The second kappa shape index (κ2) is 7.13. The number of imide groups is 1. The lowest BCUT2D eigenvalue weighted by molar-refractivity contribution is -0.128. The smallest absolute Gasteiger partial charge is 0.313 e. The molecule has 0 radical (unpaired) electrons. The second-order valence-electron chi connectivity index (χ2n) is 6.89. The number of amides is 3. The van der Waals surface area contributed by atoms with Gasteiger partial charge >= 0.3 is 6.03 Å². The number of likely N-dealkylation sites (N-methyl/N-ethyl adjacent to an activating group) is 1. The summed E-state index contributed by atoms with van der Waals surface area (Å²) >= 11 is 12.1. The predicted molar refractivity (Wildman–Crippen MR) is 100 cm³/mol. The van der Waals surface area contributed by atoms with Crippen molar-refractivity contribution in [2.45, 2.75) is 44.8 Å². The van der Waals surface area contributed by atoms with Crippen LogP contribution in [-0.4, -0.2) is 43.6 Å². The van der Waals surface area contributed by atoms with Gasteiger partial charge in [-0.2, -0.15) is 0 Å². The van der Waals surface area contributed by atoms with Crippen molar-refractivity contribution in [2.24, 2.45) is 0 Å².